The number of fused-ring (bicyclic) bond motifs is 1. The molecule has 0 radical (unpaired) electrons. The highest BCUT2D eigenvalue weighted by molar-refractivity contribution is 6.26. The summed E-state index contributed by atoms with van der Waals surface area (Å²) < 4.78 is 6.08. The van der Waals surface area contributed by atoms with Gasteiger partial charge >= 0.3 is 0 Å². The van der Waals surface area contributed by atoms with E-state index in [1.165, 1.54) is 44.9 Å². The predicted molar refractivity (Wildman–Crippen MR) is 140 cm³/mol. The molecule has 3 rings (SSSR count). The summed E-state index contributed by atoms with van der Waals surface area (Å²) in [5, 5.41) is 0. The van der Waals surface area contributed by atoms with Crippen LogP contribution >= 0.6 is 0 Å². The van der Waals surface area contributed by atoms with Crippen LogP contribution in [0.25, 0.3) is 0 Å². The van der Waals surface area contributed by atoms with Crippen molar-refractivity contribution in [3.05, 3.63) is 46.5 Å². The van der Waals surface area contributed by atoms with E-state index in [-0.39, 0.29) is 23.3 Å². The maximum atomic E-state index is 13.0. The van der Waals surface area contributed by atoms with Crippen molar-refractivity contribution in [3.8, 4) is 0 Å². The standard InChI is InChI=1S/C31H46O3/c1-21(2)12-9-13-22(3)14-10-15-23(4)16-11-19-31(6)28(34-31)20-27-24(5)29(32)25-17-7-8-18-26(25)30(27)33/h7-8,17-18,21-23,28H,9-16,19-20H2,1-6H3/t22-,23-,28?,31?/m0/s1. The van der Waals surface area contributed by atoms with E-state index in [0.717, 1.165) is 30.6 Å². The van der Waals surface area contributed by atoms with Gasteiger partial charge in [-0.15, -0.1) is 0 Å². The van der Waals surface area contributed by atoms with Gasteiger partial charge in [0.25, 0.3) is 0 Å². The molecule has 2 aliphatic rings. The van der Waals surface area contributed by atoms with Crippen molar-refractivity contribution in [2.75, 3.05) is 0 Å². The van der Waals surface area contributed by atoms with Gasteiger partial charge in [0.05, 0.1) is 11.7 Å². The van der Waals surface area contributed by atoms with E-state index < -0.39 is 0 Å². The molecule has 1 aromatic carbocycles. The molecule has 1 saturated heterocycles. The van der Waals surface area contributed by atoms with Crippen LogP contribution in [-0.4, -0.2) is 23.3 Å². The second-order valence-corrected chi connectivity index (χ2v) is 11.8. The molecule has 2 unspecified atom stereocenters. The molecule has 1 aliphatic heterocycles. The molecule has 4 atom stereocenters. The van der Waals surface area contributed by atoms with E-state index >= 15 is 0 Å². The molecule has 0 N–H and O–H groups in total. The minimum Gasteiger partial charge on any atom is -0.366 e. The van der Waals surface area contributed by atoms with Crippen LogP contribution in [-0.2, 0) is 4.74 Å². The molecular weight excluding hydrogens is 420 g/mol. The van der Waals surface area contributed by atoms with E-state index in [1.54, 1.807) is 19.1 Å². The van der Waals surface area contributed by atoms with Gasteiger partial charge in [-0.25, -0.2) is 0 Å². The number of Topliss-reactive ketones (excluding diaryl/α,β-unsaturated/α-hetero) is 2. The molecular formula is C31H46O3. The SMILES string of the molecule is CC1=C(CC2OC2(C)CCC[C@@H](C)CCC[C@@H](C)CCCC(C)C)C(=O)c2ccccc2C1=O. The summed E-state index contributed by atoms with van der Waals surface area (Å²) in [5.41, 5.74) is 2.16. The Labute approximate surface area is 207 Å². The minimum absolute atomic E-state index is 0.00222. The van der Waals surface area contributed by atoms with Crippen LogP contribution in [0.4, 0.5) is 0 Å². The smallest absolute Gasteiger partial charge is 0.190 e. The molecule has 0 saturated carbocycles. The molecule has 188 valence electrons. The highest BCUT2D eigenvalue weighted by Crippen LogP contribution is 2.45. The first-order valence-corrected chi connectivity index (χ1v) is 13.7. The number of hydrogen-bond acceptors (Lipinski definition) is 3. The molecule has 1 heterocycles. The first-order chi connectivity index (χ1) is 16.1. The third-order valence-electron chi connectivity index (χ3n) is 8.15. The molecule has 3 nitrogen and oxygen atoms in total. The second-order valence-electron chi connectivity index (χ2n) is 11.8. The van der Waals surface area contributed by atoms with Gasteiger partial charge < -0.3 is 4.74 Å². The van der Waals surface area contributed by atoms with E-state index in [0.29, 0.717) is 28.7 Å². The van der Waals surface area contributed by atoms with Gasteiger partial charge in [0.2, 0.25) is 0 Å². The second kappa shape index (κ2) is 11.8. The van der Waals surface area contributed by atoms with Crippen LogP contribution in [0.3, 0.4) is 0 Å². The first kappa shape index (κ1) is 26.9. The number of epoxide rings is 1. The van der Waals surface area contributed by atoms with Crippen LogP contribution in [0.2, 0.25) is 0 Å². The molecule has 3 heteroatoms. The van der Waals surface area contributed by atoms with Crippen LogP contribution in [0, 0.1) is 17.8 Å². The summed E-state index contributed by atoms with van der Waals surface area (Å²) in [4.78, 5) is 25.8. The zero-order chi connectivity index (χ0) is 24.9. The van der Waals surface area contributed by atoms with Gasteiger partial charge in [-0.2, -0.15) is 0 Å². The van der Waals surface area contributed by atoms with Gasteiger partial charge in [-0.05, 0) is 38.0 Å². The molecule has 1 fully saturated rings. The topological polar surface area (TPSA) is 46.7 Å². The lowest BCUT2D eigenvalue weighted by molar-refractivity contribution is 0.0970. The number of hydrogen-bond donors (Lipinski definition) is 0. The Morgan fingerprint density at radius 3 is 1.94 bits per heavy atom. The van der Waals surface area contributed by atoms with Crippen molar-refractivity contribution in [1.82, 2.24) is 0 Å². The summed E-state index contributed by atoms with van der Waals surface area (Å²) in [5.74, 6) is 2.41. The van der Waals surface area contributed by atoms with Crippen molar-refractivity contribution < 1.29 is 14.3 Å². The van der Waals surface area contributed by atoms with Crippen LogP contribution in [0.15, 0.2) is 35.4 Å². The van der Waals surface area contributed by atoms with Crippen molar-refractivity contribution >= 4 is 11.6 Å². The van der Waals surface area contributed by atoms with Crippen molar-refractivity contribution in [2.45, 2.75) is 117 Å². The van der Waals surface area contributed by atoms with Gasteiger partial charge in [0, 0.05) is 28.7 Å². The van der Waals surface area contributed by atoms with E-state index in [2.05, 4.69) is 34.6 Å². The molecule has 0 amide bonds. The summed E-state index contributed by atoms with van der Waals surface area (Å²) in [6.45, 7) is 13.4. The van der Waals surface area contributed by atoms with E-state index in [9.17, 15) is 9.59 Å². The fourth-order valence-electron chi connectivity index (χ4n) is 5.53. The lowest BCUT2D eigenvalue weighted by Gasteiger charge is -2.19. The van der Waals surface area contributed by atoms with Gasteiger partial charge in [0.15, 0.2) is 11.6 Å². The summed E-state index contributed by atoms with van der Waals surface area (Å²) in [7, 11) is 0. The molecule has 1 aliphatic carbocycles. The average Bonchev–Trinajstić information content (AvgIpc) is 3.43. The monoisotopic (exact) mass is 466 g/mol. The summed E-state index contributed by atoms with van der Waals surface area (Å²) >= 11 is 0. The van der Waals surface area contributed by atoms with E-state index in [1.807, 2.05) is 12.1 Å². The maximum Gasteiger partial charge on any atom is 0.190 e. The Morgan fingerprint density at radius 2 is 1.35 bits per heavy atom. The number of benzene rings is 1. The number of ether oxygens (including phenoxy) is 1. The van der Waals surface area contributed by atoms with E-state index in [4.69, 9.17) is 4.74 Å². The Kier molecular flexibility index (Phi) is 9.32. The summed E-state index contributed by atoms with van der Waals surface area (Å²) in [6.07, 6.45) is 12.1. The number of carbonyl (C=O) groups excluding carboxylic acids is 2. The molecule has 0 spiro atoms. The van der Waals surface area contributed by atoms with Gasteiger partial charge in [0.1, 0.15) is 0 Å². The van der Waals surface area contributed by atoms with Crippen LogP contribution in [0.1, 0.15) is 126 Å². The normalized spacial score (nSPS) is 23.9. The lowest BCUT2D eigenvalue weighted by Crippen LogP contribution is -2.23. The van der Waals surface area contributed by atoms with Crippen molar-refractivity contribution in [2.24, 2.45) is 17.8 Å². The Morgan fingerprint density at radius 1 is 0.824 bits per heavy atom. The third-order valence-corrected chi connectivity index (χ3v) is 8.15. The molecule has 0 aromatic heterocycles. The number of allylic oxidation sites excluding steroid dienone is 1. The zero-order valence-corrected chi connectivity index (χ0v) is 22.4. The lowest BCUT2D eigenvalue weighted by atomic mass is 9.81. The number of rotatable bonds is 14. The van der Waals surface area contributed by atoms with Crippen molar-refractivity contribution in [3.63, 3.8) is 0 Å². The Bertz CT molecular complexity index is 896. The predicted octanol–water partition coefficient (Wildman–Crippen LogP) is 8.37. The minimum atomic E-state index is -0.155. The molecule has 0 bridgehead atoms. The highest BCUT2D eigenvalue weighted by atomic mass is 16.6. The summed E-state index contributed by atoms with van der Waals surface area (Å²) in [6, 6.07) is 7.17. The molecule has 34 heavy (non-hydrogen) atoms. The highest BCUT2D eigenvalue weighted by Gasteiger charge is 2.52. The van der Waals surface area contributed by atoms with Crippen LogP contribution in [0.5, 0.6) is 0 Å². The maximum absolute atomic E-state index is 13.0. The Hall–Kier alpha value is -1.74. The van der Waals surface area contributed by atoms with Gasteiger partial charge in [-0.1, -0.05) is 103 Å². The van der Waals surface area contributed by atoms with Crippen LogP contribution < -0.4 is 0 Å². The number of ketones is 2. The average molecular weight is 467 g/mol. The van der Waals surface area contributed by atoms with Gasteiger partial charge in [-0.3, -0.25) is 9.59 Å². The first-order valence-electron chi connectivity index (χ1n) is 13.7. The fourth-order valence-corrected chi connectivity index (χ4v) is 5.53. The van der Waals surface area contributed by atoms with Crippen molar-refractivity contribution in [1.29, 1.82) is 0 Å². The Balaban J connectivity index is 1.37. The quantitative estimate of drug-likeness (QED) is 0.259. The third kappa shape index (κ3) is 6.90. The molecule has 1 aromatic rings. The fraction of sp³-hybridized carbons (Fsp3) is 0.677. The number of carbonyl (C=O) groups is 2. The zero-order valence-electron chi connectivity index (χ0n) is 22.4. The largest absolute Gasteiger partial charge is 0.366 e.